The van der Waals surface area contributed by atoms with Crippen LogP contribution in [0, 0.1) is 0 Å². The topological polar surface area (TPSA) is 36.3 Å². The average molecular weight is 210 g/mol. The van der Waals surface area contributed by atoms with E-state index in [-0.39, 0.29) is 6.10 Å². The molecule has 1 atom stereocenters. The number of nitrogens with zero attached hydrogens (tertiary/aromatic N) is 2. The normalized spacial score (nSPS) is 20.9. The predicted molar refractivity (Wildman–Crippen MR) is 57.2 cm³/mol. The maximum atomic E-state index is 5.73. The molecule has 4 heteroatoms. The van der Waals surface area contributed by atoms with E-state index in [0.717, 1.165) is 18.8 Å². The Labute approximate surface area is 90.2 Å². The Bertz CT molecular complexity index is 333. The van der Waals surface area contributed by atoms with E-state index in [0.29, 0.717) is 12.5 Å². The molecule has 0 fully saturated rings. The number of hydrogen-bond donors (Lipinski definition) is 0. The van der Waals surface area contributed by atoms with E-state index in [2.05, 4.69) is 18.9 Å². The molecule has 0 saturated carbocycles. The smallest absolute Gasteiger partial charge is 0.215 e. The molecule has 15 heavy (non-hydrogen) atoms. The molecule has 0 unspecified atom stereocenters. The molecule has 4 nitrogen and oxygen atoms in total. The summed E-state index contributed by atoms with van der Waals surface area (Å²) in [5.41, 5.74) is 1.19. The van der Waals surface area contributed by atoms with Gasteiger partial charge in [-0.2, -0.15) is 5.10 Å². The molecule has 0 amide bonds. The third-order valence-corrected chi connectivity index (χ3v) is 2.83. The van der Waals surface area contributed by atoms with Crippen LogP contribution >= 0.6 is 0 Å². The third-order valence-electron chi connectivity index (χ3n) is 2.83. The van der Waals surface area contributed by atoms with Crippen molar-refractivity contribution < 1.29 is 9.47 Å². The summed E-state index contributed by atoms with van der Waals surface area (Å²) in [7, 11) is 1.74. The lowest BCUT2D eigenvalue weighted by atomic mass is 10.1. The first-order valence-electron chi connectivity index (χ1n) is 5.43. The largest absolute Gasteiger partial charge is 0.478 e. The lowest BCUT2D eigenvalue weighted by molar-refractivity contribution is 0.0775. The highest BCUT2D eigenvalue weighted by molar-refractivity contribution is 5.27. The summed E-state index contributed by atoms with van der Waals surface area (Å²) >= 11 is 0. The van der Waals surface area contributed by atoms with Gasteiger partial charge in [0.15, 0.2) is 0 Å². The van der Waals surface area contributed by atoms with Gasteiger partial charge in [-0.1, -0.05) is 13.8 Å². The zero-order valence-electron chi connectivity index (χ0n) is 9.56. The van der Waals surface area contributed by atoms with Crippen LogP contribution in [0.25, 0.3) is 0 Å². The van der Waals surface area contributed by atoms with Gasteiger partial charge in [-0.3, -0.25) is 0 Å². The van der Waals surface area contributed by atoms with Crippen molar-refractivity contribution in [2.75, 3.05) is 13.7 Å². The van der Waals surface area contributed by atoms with Crippen LogP contribution in [0.5, 0.6) is 5.88 Å². The molecule has 0 aliphatic carbocycles. The summed E-state index contributed by atoms with van der Waals surface area (Å²) in [5, 5.41) is 4.35. The lowest BCUT2D eigenvalue weighted by Gasteiger charge is -2.10. The van der Waals surface area contributed by atoms with E-state index in [1.165, 1.54) is 5.56 Å². The molecule has 1 aromatic heterocycles. The van der Waals surface area contributed by atoms with E-state index in [9.17, 15) is 0 Å². The second-order valence-corrected chi connectivity index (χ2v) is 4.24. The molecule has 1 aliphatic rings. The van der Waals surface area contributed by atoms with Crippen molar-refractivity contribution in [1.82, 2.24) is 9.78 Å². The Kier molecular flexibility index (Phi) is 2.95. The van der Waals surface area contributed by atoms with Gasteiger partial charge in [0.05, 0.1) is 25.5 Å². The molecular formula is C11H18N2O2. The first-order chi connectivity index (χ1) is 7.22. The van der Waals surface area contributed by atoms with Crippen LogP contribution in [0.1, 0.15) is 31.7 Å². The van der Waals surface area contributed by atoms with Crippen molar-refractivity contribution in [1.29, 1.82) is 0 Å². The van der Waals surface area contributed by atoms with Crippen LogP contribution in [-0.4, -0.2) is 29.6 Å². The molecule has 0 saturated heterocycles. The van der Waals surface area contributed by atoms with Gasteiger partial charge in [0.2, 0.25) is 5.88 Å². The number of rotatable bonds is 2. The Hall–Kier alpha value is -1.03. The second-order valence-electron chi connectivity index (χ2n) is 4.24. The third kappa shape index (κ3) is 2.00. The molecule has 0 spiro atoms. The highest BCUT2D eigenvalue weighted by Gasteiger charge is 2.21. The van der Waals surface area contributed by atoms with E-state index in [4.69, 9.17) is 9.47 Å². The average Bonchev–Trinajstić information content (AvgIpc) is 2.49. The molecule has 1 aliphatic heterocycles. The van der Waals surface area contributed by atoms with Crippen molar-refractivity contribution in [2.24, 2.45) is 0 Å². The summed E-state index contributed by atoms with van der Waals surface area (Å²) in [4.78, 5) is 0. The van der Waals surface area contributed by atoms with E-state index >= 15 is 0 Å². The standard InChI is InChI=1S/C11H18N2O2/c1-8(2)10-6-12-13-7-9(14-3)4-5-15-11(10)13/h6,8-9H,4-5,7H2,1-3H3/t9-/m1/s1. The first-order valence-corrected chi connectivity index (χ1v) is 5.43. The van der Waals surface area contributed by atoms with Crippen LogP contribution < -0.4 is 4.74 Å². The van der Waals surface area contributed by atoms with Crippen LogP contribution in [0.4, 0.5) is 0 Å². The van der Waals surface area contributed by atoms with Crippen LogP contribution in [0.3, 0.4) is 0 Å². The maximum absolute atomic E-state index is 5.73. The lowest BCUT2D eigenvalue weighted by Crippen LogP contribution is -2.17. The molecule has 0 N–H and O–H groups in total. The van der Waals surface area contributed by atoms with Crippen molar-refractivity contribution >= 4 is 0 Å². The number of fused-ring (bicyclic) bond motifs is 1. The van der Waals surface area contributed by atoms with Crippen LogP contribution in [0.2, 0.25) is 0 Å². The van der Waals surface area contributed by atoms with Gasteiger partial charge >= 0.3 is 0 Å². The molecule has 1 aromatic rings. The van der Waals surface area contributed by atoms with E-state index in [1.807, 2.05) is 10.9 Å². The number of hydrogen-bond acceptors (Lipinski definition) is 3. The Morgan fingerprint density at radius 3 is 3.07 bits per heavy atom. The number of ether oxygens (including phenoxy) is 2. The second kappa shape index (κ2) is 4.23. The molecule has 0 radical (unpaired) electrons. The maximum Gasteiger partial charge on any atom is 0.215 e. The van der Waals surface area contributed by atoms with Gasteiger partial charge in [-0.25, -0.2) is 4.68 Å². The van der Waals surface area contributed by atoms with Crippen molar-refractivity contribution in [3.8, 4) is 5.88 Å². The Morgan fingerprint density at radius 2 is 2.40 bits per heavy atom. The minimum Gasteiger partial charge on any atom is -0.478 e. The van der Waals surface area contributed by atoms with Crippen molar-refractivity contribution in [3.05, 3.63) is 11.8 Å². The summed E-state index contributed by atoms with van der Waals surface area (Å²) in [6.07, 6.45) is 3.04. The number of aromatic nitrogens is 2. The molecule has 84 valence electrons. The predicted octanol–water partition coefficient (Wildman–Crippen LogP) is 1.80. The van der Waals surface area contributed by atoms with Crippen molar-refractivity contribution in [3.63, 3.8) is 0 Å². The SMILES string of the molecule is CO[C@@H]1CCOc2c(C(C)C)cnn2C1. The Morgan fingerprint density at radius 1 is 1.60 bits per heavy atom. The fraction of sp³-hybridized carbons (Fsp3) is 0.727. The summed E-state index contributed by atoms with van der Waals surface area (Å²) in [5.74, 6) is 1.37. The van der Waals surface area contributed by atoms with Crippen molar-refractivity contribution in [2.45, 2.75) is 38.8 Å². The molecule has 0 aromatic carbocycles. The quantitative estimate of drug-likeness (QED) is 0.747. The minimum absolute atomic E-state index is 0.214. The van der Waals surface area contributed by atoms with Crippen LogP contribution in [0.15, 0.2) is 6.20 Å². The van der Waals surface area contributed by atoms with Gasteiger partial charge in [0.25, 0.3) is 0 Å². The zero-order chi connectivity index (χ0) is 10.8. The van der Waals surface area contributed by atoms with Gasteiger partial charge in [0, 0.05) is 19.1 Å². The Balaban J connectivity index is 2.27. The first kappa shape index (κ1) is 10.5. The fourth-order valence-corrected chi connectivity index (χ4v) is 1.84. The zero-order valence-corrected chi connectivity index (χ0v) is 9.56. The van der Waals surface area contributed by atoms with E-state index < -0.39 is 0 Å². The van der Waals surface area contributed by atoms with Gasteiger partial charge in [-0.15, -0.1) is 0 Å². The van der Waals surface area contributed by atoms with Gasteiger partial charge in [0.1, 0.15) is 0 Å². The summed E-state index contributed by atoms with van der Waals surface area (Å²) in [6, 6.07) is 0. The minimum atomic E-state index is 0.214. The number of methoxy groups -OCH3 is 1. The molecule has 2 rings (SSSR count). The fourth-order valence-electron chi connectivity index (χ4n) is 1.84. The monoisotopic (exact) mass is 210 g/mol. The van der Waals surface area contributed by atoms with Crippen LogP contribution in [-0.2, 0) is 11.3 Å². The highest BCUT2D eigenvalue weighted by atomic mass is 16.5. The molecule has 2 heterocycles. The molecule has 0 bridgehead atoms. The highest BCUT2D eigenvalue weighted by Crippen LogP contribution is 2.28. The summed E-state index contributed by atoms with van der Waals surface area (Å²) < 4.78 is 13.0. The van der Waals surface area contributed by atoms with E-state index in [1.54, 1.807) is 7.11 Å². The summed E-state index contributed by atoms with van der Waals surface area (Å²) in [6.45, 7) is 5.81. The molecular weight excluding hydrogens is 192 g/mol. The van der Waals surface area contributed by atoms with Gasteiger partial charge < -0.3 is 9.47 Å². The van der Waals surface area contributed by atoms with Gasteiger partial charge in [-0.05, 0) is 5.92 Å².